The van der Waals surface area contributed by atoms with Gasteiger partial charge in [-0.15, -0.1) is 0 Å². The SMILES string of the molecule is Cc1cc[n+](O)c(C)c1-c1ccc(NC(=O)[C@@H](NC(=O)c2ccnn2C)[C@H]2CCCc3ccccc32)cc1. The molecule has 2 atom stereocenters. The van der Waals surface area contributed by atoms with Crippen LogP contribution < -0.4 is 15.4 Å². The lowest BCUT2D eigenvalue weighted by atomic mass is 9.78. The van der Waals surface area contributed by atoms with E-state index in [1.54, 1.807) is 25.5 Å². The fraction of sp³-hybridized carbons (Fsp3) is 0.267. The fourth-order valence-electron chi connectivity index (χ4n) is 5.45. The van der Waals surface area contributed by atoms with Gasteiger partial charge in [0.1, 0.15) is 11.7 Å². The number of nitrogens with zero attached hydrogens (tertiary/aromatic N) is 3. The first kappa shape index (κ1) is 25.2. The summed E-state index contributed by atoms with van der Waals surface area (Å²) in [5, 5.41) is 20.2. The Balaban J connectivity index is 1.42. The molecule has 2 aromatic carbocycles. The summed E-state index contributed by atoms with van der Waals surface area (Å²) in [6.45, 7) is 3.85. The van der Waals surface area contributed by atoms with E-state index >= 15 is 0 Å². The first-order valence-corrected chi connectivity index (χ1v) is 12.8. The normalized spacial score (nSPS) is 15.4. The Morgan fingerprint density at radius 2 is 1.84 bits per heavy atom. The molecule has 0 spiro atoms. The Labute approximate surface area is 221 Å². The summed E-state index contributed by atoms with van der Waals surface area (Å²) in [4.78, 5) is 26.9. The first-order chi connectivity index (χ1) is 18.3. The number of hydrogen-bond donors (Lipinski definition) is 3. The molecule has 0 radical (unpaired) electrons. The quantitative estimate of drug-likeness (QED) is 0.269. The number of aromatic nitrogens is 3. The minimum atomic E-state index is -0.759. The summed E-state index contributed by atoms with van der Waals surface area (Å²) in [6, 6.07) is 18.4. The molecule has 8 nitrogen and oxygen atoms in total. The zero-order valence-corrected chi connectivity index (χ0v) is 21.8. The van der Waals surface area contributed by atoms with Crippen molar-refractivity contribution in [2.24, 2.45) is 7.05 Å². The van der Waals surface area contributed by atoms with Crippen LogP contribution in [0.15, 0.2) is 73.1 Å². The summed E-state index contributed by atoms with van der Waals surface area (Å²) in [5.41, 5.74) is 6.99. The van der Waals surface area contributed by atoms with Gasteiger partial charge in [-0.1, -0.05) is 36.4 Å². The standard InChI is InChI=1S/C30H31N5O3/c1-19-16-18-35(38)20(2)27(19)22-11-13-23(14-12-22)32-30(37)28(33-29(36)26-15-17-31-34(26)3)25-10-6-8-21-7-4-5-9-24(21)25/h4-5,7,9,11-18,25,28H,6,8,10H2,1-3H3,(H2-,32,33,36,37,38)/p+1/t25-,28-/m0/s1. The van der Waals surface area contributed by atoms with Crippen molar-refractivity contribution < 1.29 is 19.5 Å². The van der Waals surface area contributed by atoms with Crippen LogP contribution in [-0.4, -0.2) is 32.8 Å². The van der Waals surface area contributed by atoms with Gasteiger partial charge in [-0.05, 0) is 66.6 Å². The molecule has 0 saturated carbocycles. The van der Waals surface area contributed by atoms with Crippen LogP contribution in [-0.2, 0) is 18.3 Å². The number of pyridine rings is 1. The van der Waals surface area contributed by atoms with E-state index in [1.807, 2.05) is 56.3 Å². The average Bonchev–Trinajstić information content (AvgIpc) is 3.36. The van der Waals surface area contributed by atoms with Crippen molar-refractivity contribution in [1.82, 2.24) is 15.1 Å². The van der Waals surface area contributed by atoms with Crippen LogP contribution in [0.3, 0.4) is 0 Å². The number of aryl methyl sites for hydroxylation is 3. The van der Waals surface area contributed by atoms with Crippen LogP contribution in [0.25, 0.3) is 11.1 Å². The molecule has 5 rings (SSSR count). The van der Waals surface area contributed by atoms with E-state index in [0.29, 0.717) is 11.4 Å². The summed E-state index contributed by atoms with van der Waals surface area (Å²) >= 11 is 0. The van der Waals surface area contributed by atoms with Crippen molar-refractivity contribution in [2.75, 3.05) is 5.32 Å². The maximum absolute atomic E-state index is 13.7. The second-order valence-corrected chi connectivity index (χ2v) is 9.86. The predicted molar refractivity (Wildman–Crippen MR) is 144 cm³/mol. The third-order valence-corrected chi connectivity index (χ3v) is 7.45. The summed E-state index contributed by atoms with van der Waals surface area (Å²) in [6.07, 6.45) is 5.89. The molecule has 0 bridgehead atoms. The predicted octanol–water partition coefficient (Wildman–Crippen LogP) is 4.09. The smallest absolute Gasteiger partial charge is 0.270 e. The number of anilines is 1. The molecule has 3 N–H and O–H groups in total. The van der Waals surface area contributed by atoms with Crippen molar-refractivity contribution in [1.29, 1.82) is 0 Å². The zero-order chi connectivity index (χ0) is 26.8. The molecular weight excluding hydrogens is 478 g/mol. The van der Waals surface area contributed by atoms with Gasteiger partial charge < -0.3 is 10.6 Å². The molecule has 2 aromatic heterocycles. The number of amides is 2. The van der Waals surface area contributed by atoms with Crippen molar-refractivity contribution in [3.8, 4) is 11.1 Å². The zero-order valence-electron chi connectivity index (χ0n) is 21.8. The van der Waals surface area contributed by atoms with Gasteiger partial charge in [0.05, 0.1) is 5.56 Å². The molecule has 1 aliphatic rings. The summed E-state index contributed by atoms with van der Waals surface area (Å²) < 4.78 is 2.61. The van der Waals surface area contributed by atoms with Crippen LogP contribution in [0.5, 0.6) is 0 Å². The molecule has 0 saturated heterocycles. The molecule has 38 heavy (non-hydrogen) atoms. The van der Waals surface area contributed by atoms with E-state index in [9.17, 15) is 14.8 Å². The first-order valence-electron chi connectivity index (χ1n) is 12.8. The van der Waals surface area contributed by atoms with Crippen molar-refractivity contribution in [3.05, 3.63) is 101 Å². The topological polar surface area (TPSA) is 100 Å². The summed E-state index contributed by atoms with van der Waals surface area (Å²) in [5.74, 6) is -0.753. The van der Waals surface area contributed by atoms with Gasteiger partial charge in [0, 0.05) is 42.6 Å². The molecule has 2 heterocycles. The lowest BCUT2D eigenvalue weighted by Crippen LogP contribution is -2.48. The van der Waals surface area contributed by atoms with E-state index in [4.69, 9.17) is 0 Å². The third kappa shape index (κ3) is 4.89. The minimum absolute atomic E-state index is 0.147. The van der Waals surface area contributed by atoms with E-state index in [0.717, 1.165) is 51.9 Å². The molecule has 4 aromatic rings. The number of carbonyl (C=O) groups excluding carboxylic acids is 2. The highest BCUT2D eigenvalue weighted by atomic mass is 16.5. The van der Waals surface area contributed by atoms with E-state index in [1.165, 1.54) is 10.2 Å². The highest BCUT2D eigenvalue weighted by Crippen LogP contribution is 2.35. The van der Waals surface area contributed by atoms with Crippen LogP contribution in [0.4, 0.5) is 5.69 Å². The van der Waals surface area contributed by atoms with Crippen LogP contribution in [0.2, 0.25) is 0 Å². The van der Waals surface area contributed by atoms with Gasteiger partial charge in [0.15, 0.2) is 0 Å². The number of hydrogen-bond acceptors (Lipinski definition) is 4. The molecule has 0 aliphatic heterocycles. The van der Waals surface area contributed by atoms with Crippen molar-refractivity contribution >= 4 is 17.5 Å². The Morgan fingerprint density at radius 1 is 1.08 bits per heavy atom. The largest absolute Gasteiger partial charge is 0.338 e. The highest BCUT2D eigenvalue weighted by molar-refractivity contribution is 6.01. The van der Waals surface area contributed by atoms with E-state index in [2.05, 4.69) is 27.9 Å². The number of rotatable bonds is 6. The Morgan fingerprint density at radius 3 is 2.58 bits per heavy atom. The van der Waals surface area contributed by atoms with Crippen molar-refractivity contribution in [3.63, 3.8) is 0 Å². The molecule has 8 heteroatoms. The molecule has 194 valence electrons. The molecule has 0 unspecified atom stereocenters. The molecular formula is C30H32N5O3+. The number of fused-ring (bicyclic) bond motifs is 1. The molecule has 2 amide bonds. The Kier molecular flexibility index (Phi) is 6.96. The van der Waals surface area contributed by atoms with Gasteiger partial charge in [-0.25, -0.2) is 0 Å². The molecule has 1 aliphatic carbocycles. The second-order valence-electron chi connectivity index (χ2n) is 9.86. The molecule has 0 fully saturated rings. The average molecular weight is 511 g/mol. The second kappa shape index (κ2) is 10.5. The Bertz CT molecular complexity index is 1490. The minimum Gasteiger partial charge on any atom is -0.338 e. The number of benzene rings is 2. The highest BCUT2D eigenvalue weighted by Gasteiger charge is 2.34. The van der Waals surface area contributed by atoms with Gasteiger partial charge in [0.25, 0.3) is 5.91 Å². The number of carbonyl (C=O) groups is 2. The van der Waals surface area contributed by atoms with Crippen LogP contribution in [0, 0.1) is 13.8 Å². The number of nitrogens with one attached hydrogen (secondary N) is 2. The van der Waals surface area contributed by atoms with Gasteiger partial charge in [-0.3, -0.25) is 19.5 Å². The van der Waals surface area contributed by atoms with Crippen molar-refractivity contribution in [2.45, 2.75) is 45.1 Å². The van der Waals surface area contributed by atoms with Crippen LogP contribution in [0.1, 0.15) is 51.6 Å². The van der Waals surface area contributed by atoms with Gasteiger partial charge >= 0.3 is 0 Å². The van der Waals surface area contributed by atoms with Gasteiger partial charge in [0.2, 0.25) is 17.8 Å². The monoisotopic (exact) mass is 510 g/mol. The maximum atomic E-state index is 13.7. The third-order valence-electron chi connectivity index (χ3n) is 7.45. The van der Waals surface area contributed by atoms with E-state index < -0.39 is 6.04 Å². The lowest BCUT2D eigenvalue weighted by molar-refractivity contribution is -0.908. The Hall–Kier alpha value is -4.46. The van der Waals surface area contributed by atoms with E-state index in [-0.39, 0.29) is 17.7 Å². The summed E-state index contributed by atoms with van der Waals surface area (Å²) in [7, 11) is 1.70. The van der Waals surface area contributed by atoms with Gasteiger partial charge in [-0.2, -0.15) is 5.10 Å². The fourth-order valence-corrected chi connectivity index (χ4v) is 5.45. The van der Waals surface area contributed by atoms with Crippen LogP contribution >= 0.6 is 0 Å². The lowest BCUT2D eigenvalue weighted by Gasteiger charge is -2.32. The maximum Gasteiger partial charge on any atom is 0.270 e.